The number of aryl methyl sites for hydroxylation is 2. The average molecular weight is 353 g/mol. The molecule has 1 unspecified atom stereocenters. The molecule has 0 aliphatic carbocycles. The first-order valence-corrected chi connectivity index (χ1v) is 9.39. The summed E-state index contributed by atoms with van der Waals surface area (Å²) >= 11 is 0. The molecule has 1 aliphatic rings. The van der Waals surface area contributed by atoms with Gasteiger partial charge >= 0.3 is 0 Å². The van der Waals surface area contributed by atoms with Gasteiger partial charge in [0.05, 0.1) is 5.92 Å². The molecule has 0 bridgehead atoms. The van der Waals surface area contributed by atoms with Crippen LogP contribution in [0.1, 0.15) is 49.2 Å². The minimum absolute atomic E-state index is 0.0548. The van der Waals surface area contributed by atoms with E-state index in [1.165, 1.54) is 0 Å². The summed E-state index contributed by atoms with van der Waals surface area (Å²) in [5.74, 6) is 1.53. The molecule has 2 aromatic rings. The van der Waals surface area contributed by atoms with E-state index >= 15 is 0 Å². The molecule has 1 fully saturated rings. The molecule has 5 nitrogen and oxygen atoms in total. The third-order valence-electron chi connectivity index (χ3n) is 4.89. The highest BCUT2D eigenvalue weighted by Crippen LogP contribution is 2.25. The fraction of sp³-hybridized carbons (Fsp3) is 0.476. The van der Waals surface area contributed by atoms with E-state index in [1.807, 2.05) is 55.1 Å². The van der Waals surface area contributed by atoms with Crippen LogP contribution in [0, 0.1) is 13.8 Å². The number of aromatic nitrogens is 2. The van der Waals surface area contributed by atoms with Gasteiger partial charge < -0.3 is 9.64 Å². The summed E-state index contributed by atoms with van der Waals surface area (Å²) in [7, 11) is 0. The van der Waals surface area contributed by atoms with Crippen molar-refractivity contribution in [2.75, 3.05) is 13.1 Å². The first-order chi connectivity index (χ1) is 12.6. The lowest BCUT2D eigenvalue weighted by molar-refractivity contribution is -0.134. The largest absolute Gasteiger partial charge is 0.474 e. The van der Waals surface area contributed by atoms with Crippen molar-refractivity contribution < 1.29 is 9.53 Å². The second-order valence-corrected chi connectivity index (χ2v) is 6.91. The number of carbonyl (C=O) groups excluding carboxylic acids is 1. The van der Waals surface area contributed by atoms with E-state index in [-0.39, 0.29) is 17.9 Å². The molecule has 0 N–H and O–H groups in total. The molecule has 1 atom stereocenters. The van der Waals surface area contributed by atoms with Crippen LogP contribution in [0.2, 0.25) is 0 Å². The van der Waals surface area contributed by atoms with E-state index < -0.39 is 0 Å². The highest BCUT2D eigenvalue weighted by molar-refractivity contribution is 5.83. The van der Waals surface area contributed by atoms with Crippen molar-refractivity contribution in [1.82, 2.24) is 14.9 Å². The van der Waals surface area contributed by atoms with Crippen molar-refractivity contribution in [2.24, 2.45) is 0 Å². The number of hydrogen-bond acceptors (Lipinski definition) is 4. The molecular weight excluding hydrogens is 326 g/mol. The normalized spacial score (nSPS) is 16.3. The van der Waals surface area contributed by atoms with Gasteiger partial charge in [-0.15, -0.1) is 0 Å². The zero-order valence-electron chi connectivity index (χ0n) is 15.8. The van der Waals surface area contributed by atoms with Crippen molar-refractivity contribution in [3.63, 3.8) is 0 Å². The van der Waals surface area contributed by atoms with E-state index in [2.05, 4.69) is 16.9 Å². The van der Waals surface area contributed by atoms with Crippen LogP contribution in [-0.4, -0.2) is 40.0 Å². The Morgan fingerprint density at radius 1 is 1.19 bits per heavy atom. The summed E-state index contributed by atoms with van der Waals surface area (Å²) in [6.07, 6.45) is 2.58. The molecule has 1 aromatic heterocycles. The number of likely N-dealkylation sites (tertiary alicyclic amines) is 1. The Bertz CT molecular complexity index is 720. The highest BCUT2D eigenvalue weighted by Gasteiger charge is 2.29. The zero-order valence-corrected chi connectivity index (χ0v) is 15.8. The van der Waals surface area contributed by atoms with Crippen molar-refractivity contribution in [1.29, 1.82) is 0 Å². The molecular formula is C21H27N3O2. The number of hydrogen-bond donors (Lipinski definition) is 0. The molecule has 5 heteroatoms. The molecule has 0 saturated carbocycles. The Kier molecular flexibility index (Phi) is 5.86. The number of piperidine rings is 1. The number of carbonyl (C=O) groups is 1. The van der Waals surface area contributed by atoms with E-state index in [0.717, 1.165) is 49.4 Å². The van der Waals surface area contributed by atoms with E-state index in [1.54, 1.807) is 0 Å². The quantitative estimate of drug-likeness (QED) is 0.823. The second kappa shape index (κ2) is 8.30. The van der Waals surface area contributed by atoms with Crippen LogP contribution in [-0.2, 0) is 4.79 Å². The molecule has 0 spiro atoms. The van der Waals surface area contributed by atoms with Gasteiger partial charge in [-0.3, -0.25) is 4.79 Å². The zero-order chi connectivity index (χ0) is 18.5. The standard InChI is InChI=1S/C21H27N3O2/c1-4-19(17-8-6-5-7-9-17)21(25)24-12-10-18(11-13-24)26-20-14-15(2)22-16(3)23-20/h5-9,14,18-19H,4,10-13H2,1-3H3. The van der Waals surface area contributed by atoms with Gasteiger partial charge in [0.15, 0.2) is 0 Å². The van der Waals surface area contributed by atoms with Gasteiger partial charge in [-0.1, -0.05) is 37.3 Å². The van der Waals surface area contributed by atoms with Crippen LogP contribution >= 0.6 is 0 Å². The maximum Gasteiger partial charge on any atom is 0.230 e. The molecule has 1 aliphatic heterocycles. The average Bonchev–Trinajstić information content (AvgIpc) is 2.63. The van der Waals surface area contributed by atoms with Crippen molar-refractivity contribution in [2.45, 2.75) is 52.1 Å². The summed E-state index contributed by atoms with van der Waals surface area (Å²) in [4.78, 5) is 23.6. The number of ether oxygens (including phenoxy) is 1. The van der Waals surface area contributed by atoms with E-state index in [9.17, 15) is 4.79 Å². The van der Waals surface area contributed by atoms with Gasteiger partial charge in [0.1, 0.15) is 11.9 Å². The van der Waals surface area contributed by atoms with Crippen LogP contribution < -0.4 is 4.74 Å². The van der Waals surface area contributed by atoms with Gasteiger partial charge in [0.25, 0.3) is 0 Å². The van der Waals surface area contributed by atoms with Crippen molar-refractivity contribution in [3.8, 4) is 5.88 Å². The fourth-order valence-corrected chi connectivity index (χ4v) is 3.57. The first kappa shape index (κ1) is 18.4. The van der Waals surface area contributed by atoms with Gasteiger partial charge in [0.2, 0.25) is 11.8 Å². The Morgan fingerprint density at radius 2 is 1.88 bits per heavy atom. The minimum Gasteiger partial charge on any atom is -0.474 e. The summed E-state index contributed by atoms with van der Waals surface area (Å²) < 4.78 is 6.03. The van der Waals surface area contributed by atoms with Crippen LogP contribution in [0.3, 0.4) is 0 Å². The minimum atomic E-state index is -0.0548. The first-order valence-electron chi connectivity index (χ1n) is 9.39. The molecule has 3 rings (SSSR count). The van der Waals surface area contributed by atoms with Crippen molar-refractivity contribution >= 4 is 5.91 Å². The monoisotopic (exact) mass is 353 g/mol. The van der Waals surface area contributed by atoms with Gasteiger partial charge in [-0.25, -0.2) is 4.98 Å². The SMILES string of the molecule is CCC(C(=O)N1CCC(Oc2cc(C)nc(C)n2)CC1)c1ccccc1. The Morgan fingerprint density at radius 3 is 2.50 bits per heavy atom. The van der Waals surface area contributed by atoms with Crippen LogP contribution in [0.5, 0.6) is 5.88 Å². The van der Waals surface area contributed by atoms with Crippen molar-refractivity contribution in [3.05, 3.63) is 53.5 Å². The molecule has 1 amide bonds. The molecule has 0 radical (unpaired) electrons. The molecule has 1 saturated heterocycles. The van der Waals surface area contributed by atoms with Gasteiger partial charge in [-0.05, 0) is 25.8 Å². The predicted octanol–water partition coefficient (Wildman–Crippen LogP) is 3.66. The Balaban J connectivity index is 1.58. The lowest BCUT2D eigenvalue weighted by Crippen LogP contribution is -2.43. The Labute approximate surface area is 155 Å². The van der Waals surface area contributed by atoms with Gasteiger partial charge in [-0.2, -0.15) is 4.98 Å². The van der Waals surface area contributed by atoms with E-state index in [4.69, 9.17) is 4.74 Å². The smallest absolute Gasteiger partial charge is 0.230 e. The van der Waals surface area contributed by atoms with Gasteiger partial charge in [0, 0.05) is 37.7 Å². The number of rotatable bonds is 5. The number of amides is 1. The van der Waals surface area contributed by atoms with Crippen LogP contribution in [0.25, 0.3) is 0 Å². The summed E-state index contributed by atoms with van der Waals surface area (Å²) in [5, 5.41) is 0. The third-order valence-corrected chi connectivity index (χ3v) is 4.89. The van der Waals surface area contributed by atoms with Crippen LogP contribution in [0.15, 0.2) is 36.4 Å². The molecule has 1 aromatic carbocycles. The Hall–Kier alpha value is -2.43. The highest BCUT2D eigenvalue weighted by atomic mass is 16.5. The third kappa shape index (κ3) is 4.40. The maximum atomic E-state index is 12.9. The van der Waals surface area contributed by atoms with Crippen LogP contribution in [0.4, 0.5) is 0 Å². The fourth-order valence-electron chi connectivity index (χ4n) is 3.57. The van der Waals surface area contributed by atoms with E-state index in [0.29, 0.717) is 5.88 Å². The second-order valence-electron chi connectivity index (χ2n) is 6.91. The molecule has 2 heterocycles. The lowest BCUT2D eigenvalue weighted by Gasteiger charge is -2.34. The molecule has 26 heavy (non-hydrogen) atoms. The number of nitrogens with zero attached hydrogens (tertiary/aromatic N) is 3. The summed E-state index contributed by atoms with van der Waals surface area (Å²) in [6, 6.07) is 11.9. The lowest BCUT2D eigenvalue weighted by atomic mass is 9.94. The predicted molar refractivity (Wildman–Crippen MR) is 101 cm³/mol. The number of benzene rings is 1. The summed E-state index contributed by atoms with van der Waals surface area (Å²) in [5.41, 5.74) is 2.01. The topological polar surface area (TPSA) is 55.3 Å². The summed E-state index contributed by atoms with van der Waals surface area (Å²) in [6.45, 7) is 7.35. The molecule has 138 valence electrons. The maximum absolute atomic E-state index is 12.9.